The maximum Gasteiger partial charge on any atom is 0.0220 e. The summed E-state index contributed by atoms with van der Waals surface area (Å²) in [5, 5.41) is 3.73. The first kappa shape index (κ1) is 14.0. The van der Waals surface area contributed by atoms with Gasteiger partial charge in [0.2, 0.25) is 0 Å². The van der Waals surface area contributed by atoms with E-state index in [4.69, 9.17) is 0 Å². The monoisotopic (exact) mass is 226 g/mol. The summed E-state index contributed by atoms with van der Waals surface area (Å²) < 4.78 is 0. The van der Waals surface area contributed by atoms with E-state index in [1.165, 1.54) is 58.3 Å². The molecule has 2 heteroatoms. The van der Waals surface area contributed by atoms with Crippen molar-refractivity contribution in [1.82, 2.24) is 10.2 Å². The quantitative estimate of drug-likeness (QED) is 0.718. The highest BCUT2D eigenvalue weighted by Crippen LogP contribution is 2.13. The average Bonchev–Trinajstić information content (AvgIpc) is 2.34. The van der Waals surface area contributed by atoms with Crippen LogP contribution in [0.2, 0.25) is 0 Å². The van der Waals surface area contributed by atoms with Crippen molar-refractivity contribution in [1.29, 1.82) is 0 Å². The molecule has 0 radical (unpaired) electrons. The fraction of sp³-hybridized carbons (Fsp3) is 1.00. The molecule has 0 amide bonds. The minimum Gasteiger partial charge on any atom is -0.312 e. The first-order chi connectivity index (χ1) is 7.77. The fourth-order valence-electron chi connectivity index (χ4n) is 2.48. The molecule has 1 fully saturated rings. The predicted molar refractivity (Wildman–Crippen MR) is 71.8 cm³/mol. The predicted octanol–water partition coefficient (Wildman–Crippen LogP) is 2.89. The van der Waals surface area contributed by atoms with Crippen LogP contribution in [0.25, 0.3) is 0 Å². The van der Waals surface area contributed by atoms with Crippen molar-refractivity contribution >= 4 is 0 Å². The molecule has 1 aliphatic heterocycles. The van der Waals surface area contributed by atoms with Gasteiger partial charge in [0, 0.05) is 12.6 Å². The van der Waals surface area contributed by atoms with E-state index in [0.29, 0.717) is 6.04 Å². The molecule has 0 bridgehead atoms. The van der Waals surface area contributed by atoms with E-state index in [-0.39, 0.29) is 0 Å². The van der Waals surface area contributed by atoms with E-state index in [2.05, 4.69) is 31.0 Å². The summed E-state index contributed by atoms with van der Waals surface area (Å²) in [5.41, 5.74) is 0. The van der Waals surface area contributed by atoms with Gasteiger partial charge in [-0.1, -0.05) is 33.6 Å². The molecule has 1 aliphatic rings. The Morgan fingerprint density at radius 2 is 1.81 bits per heavy atom. The maximum absolute atomic E-state index is 3.73. The van der Waals surface area contributed by atoms with Crippen molar-refractivity contribution in [3.63, 3.8) is 0 Å². The highest BCUT2D eigenvalue weighted by molar-refractivity contribution is 4.78. The van der Waals surface area contributed by atoms with Gasteiger partial charge in [0.15, 0.2) is 0 Å². The molecule has 16 heavy (non-hydrogen) atoms. The van der Waals surface area contributed by atoms with Gasteiger partial charge in [-0.15, -0.1) is 0 Å². The molecule has 2 atom stereocenters. The highest BCUT2D eigenvalue weighted by Gasteiger charge is 2.19. The third-order valence-electron chi connectivity index (χ3n) is 3.89. The molecule has 2 unspecified atom stereocenters. The van der Waals surface area contributed by atoms with Crippen LogP contribution in [0.1, 0.15) is 52.9 Å². The number of hydrogen-bond acceptors (Lipinski definition) is 2. The van der Waals surface area contributed by atoms with Crippen molar-refractivity contribution in [2.45, 2.75) is 58.9 Å². The SMILES string of the molecule is CCCNC(CN1CCCCC1)C(C)CC. The second kappa shape index (κ2) is 8.08. The summed E-state index contributed by atoms with van der Waals surface area (Å²) in [6.07, 6.45) is 6.77. The van der Waals surface area contributed by atoms with Gasteiger partial charge in [-0.05, 0) is 44.8 Å². The van der Waals surface area contributed by atoms with Crippen molar-refractivity contribution in [2.24, 2.45) is 5.92 Å². The maximum atomic E-state index is 3.73. The fourth-order valence-corrected chi connectivity index (χ4v) is 2.48. The van der Waals surface area contributed by atoms with Crippen molar-refractivity contribution in [3.05, 3.63) is 0 Å². The Balaban J connectivity index is 2.34. The van der Waals surface area contributed by atoms with Crippen molar-refractivity contribution in [3.8, 4) is 0 Å². The zero-order valence-corrected chi connectivity index (χ0v) is 11.5. The van der Waals surface area contributed by atoms with E-state index in [9.17, 15) is 0 Å². The van der Waals surface area contributed by atoms with Gasteiger partial charge in [-0.3, -0.25) is 0 Å². The van der Waals surface area contributed by atoms with Gasteiger partial charge < -0.3 is 10.2 Å². The third-order valence-corrected chi connectivity index (χ3v) is 3.89. The number of nitrogens with zero attached hydrogens (tertiary/aromatic N) is 1. The summed E-state index contributed by atoms with van der Waals surface area (Å²) in [4.78, 5) is 2.66. The molecule has 2 nitrogen and oxygen atoms in total. The Labute approximate surface area is 102 Å². The Morgan fingerprint density at radius 1 is 1.12 bits per heavy atom. The Bertz CT molecular complexity index is 164. The lowest BCUT2D eigenvalue weighted by molar-refractivity contribution is 0.182. The molecule has 1 N–H and O–H groups in total. The second-order valence-corrected chi connectivity index (χ2v) is 5.31. The van der Waals surface area contributed by atoms with Gasteiger partial charge >= 0.3 is 0 Å². The van der Waals surface area contributed by atoms with Crippen LogP contribution in [0.3, 0.4) is 0 Å². The average molecular weight is 226 g/mol. The minimum atomic E-state index is 0.697. The highest BCUT2D eigenvalue weighted by atomic mass is 15.2. The van der Waals surface area contributed by atoms with Gasteiger partial charge in [0.25, 0.3) is 0 Å². The van der Waals surface area contributed by atoms with Crippen LogP contribution >= 0.6 is 0 Å². The van der Waals surface area contributed by atoms with Crippen LogP contribution in [-0.4, -0.2) is 37.1 Å². The van der Waals surface area contributed by atoms with Crippen molar-refractivity contribution in [2.75, 3.05) is 26.2 Å². The Morgan fingerprint density at radius 3 is 2.38 bits per heavy atom. The molecule has 96 valence electrons. The van der Waals surface area contributed by atoms with Crippen LogP contribution in [-0.2, 0) is 0 Å². The first-order valence-electron chi connectivity index (χ1n) is 7.23. The van der Waals surface area contributed by atoms with Crippen LogP contribution in [0, 0.1) is 5.92 Å². The Hall–Kier alpha value is -0.0800. The number of rotatable bonds is 7. The standard InChI is InChI=1S/C14H30N2/c1-4-9-15-14(13(3)5-2)12-16-10-7-6-8-11-16/h13-15H,4-12H2,1-3H3. The minimum absolute atomic E-state index is 0.697. The second-order valence-electron chi connectivity index (χ2n) is 5.31. The van der Waals surface area contributed by atoms with Gasteiger partial charge in [0.1, 0.15) is 0 Å². The molecular formula is C14H30N2. The molecule has 0 saturated carbocycles. The molecular weight excluding hydrogens is 196 g/mol. The van der Waals surface area contributed by atoms with Crippen LogP contribution in [0.15, 0.2) is 0 Å². The van der Waals surface area contributed by atoms with Crippen LogP contribution in [0.5, 0.6) is 0 Å². The van der Waals surface area contributed by atoms with Gasteiger partial charge in [0.05, 0.1) is 0 Å². The zero-order valence-electron chi connectivity index (χ0n) is 11.5. The lowest BCUT2D eigenvalue weighted by atomic mass is 9.97. The topological polar surface area (TPSA) is 15.3 Å². The van der Waals surface area contributed by atoms with E-state index >= 15 is 0 Å². The van der Waals surface area contributed by atoms with E-state index < -0.39 is 0 Å². The first-order valence-corrected chi connectivity index (χ1v) is 7.23. The summed E-state index contributed by atoms with van der Waals surface area (Å²) in [6, 6.07) is 0.697. The number of hydrogen-bond donors (Lipinski definition) is 1. The Kier molecular flexibility index (Phi) is 7.06. The van der Waals surface area contributed by atoms with E-state index in [1.54, 1.807) is 0 Å². The number of piperidine rings is 1. The molecule has 0 aromatic heterocycles. The van der Waals surface area contributed by atoms with Crippen LogP contribution < -0.4 is 5.32 Å². The summed E-state index contributed by atoms with van der Waals surface area (Å²) in [5.74, 6) is 0.800. The lowest BCUT2D eigenvalue weighted by Gasteiger charge is -2.33. The van der Waals surface area contributed by atoms with Gasteiger partial charge in [-0.25, -0.2) is 0 Å². The molecule has 0 spiro atoms. The summed E-state index contributed by atoms with van der Waals surface area (Å²) in [6.45, 7) is 12.0. The summed E-state index contributed by atoms with van der Waals surface area (Å²) >= 11 is 0. The number of nitrogens with one attached hydrogen (secondary N) is 1. The largest absolute Gasteiger partial charge is 0.312 e. The third kappa shape index (κ3) is 4.84. The number of likely N-dealkylation sites (tertiary alicyclic amines) is 1. The smallest absolute Gasteiger partial charge is 0.0220 e. The van der Waals surface area contributed by atoms with E-state index in [1.807, 2.05) is 0 Å². The van der Waals surface area contributed by atoms with Gasteiger partial charge in [-0.2, -0.15) is 0 Å². The summed E-state index contributed by atoms with van der Waals surface area (Å²) in [7, 11) is 0. The molecule has 1 heterocycles. The van der Waals surface area contributed by atoms with E-state index in [0.717, 1.165) is 5.92 Å². The molecule has 1 saturated heterocycles. The lowest BCUT2D eigenvalue weighted by Crippen LogP contribution is -2.46. The molecule has 0 aromatic carbocycles. The normalized spacial score (nSPS) is 21.9. The molecule has 0 aliphatic carbocycles. The van der Waals surface area contributed by atoms with Crippen molar-refractivity contribution < 1.29 is 0 Å². The van der Waals surface area contributed by atoms with Crippen LogP contribution in [0.4, 0.5) is 0 Å². The molecule has 1 rings (SSSR count). The zero-order chi connectivity index (χ0) is 11.8. The molecule has 0 aromatic rings.